The molecule has 3 aromatic rings. The molecular formula is C20H14N4O6. The van der Waals surface area contributed by atoms with Gasteiger partial charge in [0.25, 0.3) is 5.91 Å². The maximum atomic E-state index is 12.6. The lowest BCUT2D eigenvalue weighted by Crippen LogP contribution is -2.32. The predicted molar refractivity (Wildman–Crippen MR) is 103 cm³/mol. The van der Waals surface area contributed by atoms with Crippen molar-refractivity contribution >= 4 is 23.5 Å². The number of ether oxygens (including phenoxy) is 1. The lowest BCUT2D eigenvalue weighted by Gasteiger charge is -2.10. The summed E-state index contributed by atoms with van der Waals surface area (Å²) in [6, 6.07) is 11.8. The molecule has 0 fully saturated rings. The van der Waals surface area contributed by atoms with Crippen molar-refractivity contribution in [1.29, 1.82) is 5.26 Å². The largest absolute Gasteiger partial charge is 0.507 e. The van der Waals surface area contributed by atoms with Gasteiger partial charge in [0.2, 0.25) is 5.76 Å². The zero-order valence-electron chi connectivity index (χ0n) is 15.2. The molecule has 1 heterocycles. The number of aromatic hydroxyl groups is 1. The minimum atomic E-state index is -1.25. The fourth-order valence-corrected chi connectivity index (χ4v) is 2.77. The fourth-order valence-electron chi connectivity index (χ4n) is 2.77. The number of hydrogen-bond donors (Lipinski definition) is 4. The first-order chi connectivity index (χ1) is 14.4. The molecular weight excluding hydrogens is 392 g/mol. The zero-order valence-corrected chi connectivity index (χ0v) is 15.2. The van der Waals surface area contributed by atoms with Gasteiger partial charge in [-0.2, -0.15) is 5.26 Å². The summed E-state index contributed by atoms with van der Waals surface area (Å²) in [7, 11) is 0. The SMILES string of the molecule is N#Cc1c(O)ccc(C(=O)OC(=O)c2occc2-c2cccc(N)c2)c1C(=O)NN. The van der Waals surface area contributed by atoms with Gasteiger partial charge in [-0.1, -0.05) is 12.1 Å². The summed E-state index contributed by atoms with van der Waals surface area (Å²) in [6.07, 6.45) is 1.24. The van der Waals surface area contributed by atoms with E-state index >= 15 is 0 Å². The van der Waals surface area contributed by atoms with Gasteiger partial charge in [-0.05, 0) is 35.9 Å². The summed E-state index contributed by atoms with van der Waals surface area (Å²) in [4.78, 5) is 37.1. The Bertz CT molecular complexity index is 1210. The zero-order chi connectivity index (χ0) is 21.8. The van der Waals surface area contributed by atoms with Crippen molar-refractivity contribution in [2.45, 2.75) is 0 Å². The number of carbonyl (C=O) groups excluding carboxylic acids is 3. The third-order valence-electron chi connectivity index (χ3n) is 4.11. The number of amides is 1. The monoisotopic (exact) mass is 406 g/mol. The van der Waals surface area contributed by atoms with Gasteiger partial charge >= 0.3 is 11.9 Å². The van der Waals surface area contributed by atoms with E-state index in [1.54, 1.807) is 35.8 Å². The van der Waals surface area contributed by atoms with Crippen molar-refractivity contribution < 1.29 is 28.6 Å². The van der Waals surface area contributed by atoms with Crippen molar-refractivity contribution in [3.05, 3.63) is 71.2 Å². The number of phenols is 1. The molecule has 0 saturated heterocycles. The van der Waals surface area contributed by atoms with E-state index in [0.717, 1.165) is 12.1 Å². The lowest BCUT2D eigenvalue weighted by molar-refractivity contribution is 0.0374. The summed E-state index contributed by atoms with van der Waals surface area (Å²) < 4.78 is 9.99. The maximum absolute atomic E-state index is 12.6. The standard InChI is InChI=1S/C20H14N4O6/c21-9-14-15(25)5-4-13(16(14)18(26)24-23)19(27)30-20(28)17-12(6-7-29-17)10-2-1-3-11(22)8-10/h1-8,25H,22-23H2,(H,24,26). The number of nitriles is 1. The van der Waals surface area contributed by atoms with Gasteiger partial charge in [-0.15, -0.1) is 0 Å². The van der Waals surface area contributed by atoms with Gasteiger partial charge in [0, 0.05) is 11.3 Å². The predicted octanol–water partition coefficient (Wildman–Crippen LogP) is 1.71. The van der Waals surface area contributed by atoms with E-state index in [-0.39, 0.29) is 5.76 Å². The van der Waals surface area contributed by atoms with Gasteiger partial charge < -0.3 is 20.0 Å². The molecule has 0 aliphatic carbocycles. The summed E-state index contributed by atoms with van der Waals surface area (Å²) in [6.45, 7) is 0. The Kier molecular flexibility index (Phi) is 5.48. The molecule has 6 N–H and O–H groups in total. The molecule has 0 spiro atoms. The molecule has 150 valence electrons. The van der Waals surface area contributed by atoms with Crippen LogP contribution < -0.4 is 17.0 Å². The van der Waals surface area contributed by atoms with Crippen molar-refractivity contribution in [1.82, 2.24) is 5.43 Å². The Balaban J connectivity index is 1.95. The quantitative estimate of drug-likeness (QED) is 0.125. The molecule has 0 aliphatic rings. The lowest BCUT2D eigenvalue weighted by atomic mass is 10.00. The summed E-state index contributed by atoms with van der Waals surface area (Å²) in [5, 5.41) is 19.0. The molecule has 3 rings (SSSR count). The number of anilines is 1. The number of phenolic OH excluding ortho intramolecular Hbond substituents is 1. The van der Waals surface area contributed by atoms with Gasteiger partial charge in [-0.25, -0.2) is 15.4 Å². The second-order valence-corrected chi connectivity index (χ2v) is 5.93. The smallest absolute Gasteiger partial charge is 0.382 e. The topological polar surface area (TPSA) is 182 Å². The molecule has 0 radical (unpaired) electrons. The number of hydrazine groups is 1. The van der Waals surface area contributed by atoms with Gasteiger partial charge in [0.05, 0.1) is 17.4 Å². The molecule has 0 saturated carbocycles. The van der Waals surface area contributed by atoms with E-state index < -0.39 is 40.3 Å². The molecule has 0 bridgehead atoms. The molecule has 1 amide bonds. The number of rotatable bonds is 4. The minimum absolute atomic E-state index is 0.266. The third-order valence-corrected chi connectivity index (χ3v) is 4.11. The summed E-state index contributed by atoms with van der Waals surface area (Å²) in [5.41, 5.74) is 7.39. The van der Waals surface area contributed by atoms with Crippen molar-refractivity contribution in [2.75, 3.05) is 5.73 Å². The number of furan rings is 1. The van der Waals surface area contributed by atoms with E-state index in [4.69, 9.17) is 20.7 Å². The first-order valence-electron chi connectivity index (χ1n) is 8.34. The van der Waals surface area contributed by atoms with Crippen LogP contribution in [0.15, 0.2) is 53.1 Å². The molecule has 30 heavy (non-hydrogen) atoms. The van der Waals surface area contributed by atoms with Crippen LogP contribution in [-0.2, 0) is 4.74 Å². The van der Waals surface area contributed by atoms with Crippen molar-refractivity contribution in [2.24, 2.45) is 5.84 Å². The third kappa shape index (κ3) is 3.68. The Morgan fingerprint density at radius 3 is 2.57 bits per heavy atom. The van der Waals surface area contributed by atoms with Crippen LogP contribution >= 0.6 is 0 Å². The van der Waals surface area contributed by atoms with Crippen LogP contribution in [-0.4, -0.2) is 23.0 Å². The van der Waals surface area contributed by atoms with Crippen LogP contribution in [0, 0.1) is 11.3 Å². The Labute approximate surface area is 169 Å². The highest BCUT2D eigenvalue weighted by Crippen LogP contribution is 2.28. The first kappa shape index (κ1) is 20.1. The number of esters is 2. The van der Waals surface area contributed by atoms with Crippen LogP contribution in [0.4, 0.5) is 5.69 Å². The second kappa shape index (κ2) is 8.17. The van der Waals surface area contributed by atoms with E-state index in [2.05, 4.69) is 0 Å². The molecule has 1 aromatic heterocycles. The van der Waals surface area contributed by atoms with Crippen LogP contribution in [0.25, 0.3) is 11.1 Å². The number of nitrogens with two attached hydrogens (primary N) is 2. The van der Waals surface area contributed by atoms with Gasteiger partial charge in [0.1, 0.15) is 17.4 Å². The first-order valence-corrected chi connectivity index (χ1v) is 8.34. The van der Waals surface area contributed by atoms with Crippen molar-refractivity contribution in [3.8, 4) is 22.9 Å². The van der Waals surface area contributed by atoms with E-state index in [9.17, 15) is 24.8 Å². The number of nitrogen functional groups attached to an aromatic ring is 2. The van der Waals surface area contributed by atoms with Gasteiger partial charge in [0.15, 0.2) is 0 Å². The minimum Gasteiger partial charge on any atom is -0.507 e. The number of hydrogen-bond acceptors (Lipinski definition) is 9. The highest BCUT2D eigenvalue weighted by molar-refractivity contribution is 6.11. The average molecular weight is 406 g/mol. The molecule has 0 unspecified atom stereocenters. The van der Waals surface area contributed by atoms with Crippen LogP contribution in [0.5, 0.6) is 5.75 Å². The second-order valence-electron chi connectivity index (χ2n) is 5.93. The molecule has 0 aliphatic heterocycles. The van der Waals surface area contributed by atoms with Crippen LogP contribution in [0.3, 0.4) is 0 Å². The number of nitrogens with zero attached hydrogens (tertiary/aromatic N) is 1. The fraction of sp³-hybridized carbons (Fsp3) is 0. The van der Waals surface area contributed by atoms with Crippen molar-refractivity contribution in [3.63, 3.8) is 0 Å². The van der Waals surface area contributed by atoms with E-state index in [0.29, 0.717) is 16.8 Å². The number of benzene rings is 2. The Hall–Kier alpha value is -4.62. The summed E-state index contributed by atoms with van der Waals surface area (Å²) in [5.74, 6) is 0.870. The van der Waals surface area contributed by atoms with Gasteiger partial charge in [-0.3, -0.25) is 10.2 Å². The van der Waals surface area contributed by atoms with E-state index in [1.165, 1.54) is 12.3 Å². The Morgan fingerprint density at radius 2 is 1.90 bits per heavy atom. The van der Waals surface area contributed by atoms with E-state index in [1.807, 2.05) is 0 Å². The highest BCUT2D eigenvalue weighted by Gasteiger charge is 2.28. The molecule has 2 aromatic carbocycles. The van der Waals surface area contributed by atoms with Crippen LogP contribution in [0.1, 0.15) is 36.8 Å². The molecule has 10 nitrogen and oxygen atoms in total. The normalized spacial score (nSPS) is 10.1. The summed E-state index contributed by atoms with van der Waals surface area (Å²) >= 11 is 0. The number of nitrogens with one attached hydrogen (secondary N) is 1. The highest BCUT2D eigenvalue weighted by atomic mass is 16.6. The molecule has 10 heteroatoms. The number of carbonyl (C=O) groups is 3. The van der Waals surface area contributed by atoms with Crippen LogP contribution in [0.2, 0.25) is 0 Å². The Morgan fingerprint density at radius 1 is 1.13 bits per heavy atom. The maximum Gasteiger partial charge on any atom is 0.382 e. The molecule has 0 atom stereocenters. The average Bonchev–Trinajstić information content (AvgIpc) is 3.23.